The van der Waals surface area contributed by atoms with E-state index < -0.39 is 26.0 Å². The molecule has 13 heteroatoms. The van der Waals surface area contributed by atoms with Gasteiger partial charge in [0.25, 0.3) is 10.0 Å². The Morgan fingerprint density at radius 3 is 2.53 bits per heavy atom. The summed E-state index contributed by atoms with van der Waals surface area (Å²) >= 11 is 1.08. The zero-order valence-corrected chi connectivity index (χ0v) is 22.7. The molecule has 1 amide bonds. The van der Waals surface area contributed by atoms with Crippen LogP contribution in [0, 0.1) is 17.8 Å². The maximum absolute atomic E-state index is 13.8. The highest BCUT2D eigenvalue weighted by Crippen LogP contribution is 2.41. The Morgan fingerprint density at radius 2 is 1.81 bits per heavy atom. The molecule has 0 bridgehead atoms. The van der Waals surface area contributed by atoms with Crippen molar-refractivity contribution in [1.82, 2.24) is 9.62 Å². The lowest BCUT2D eigenvalue weighted by molar-refractivity contribution is -0.153. The van der Waals surface area contributed by atoms with Crippen molar-refractivity contribution < 1.29 is 26.4 Å². The number of ketones is 1. The Hall–Kier alpha value is -1.83. The maximum atomic E-state index is 13.8. The van der Waals surface area contributed by atoms with Crippen molar-refractivity contribution in [3.63, 3.8) is 0 Å². The zero-order valence-electron chi connectivity index (χ0n) is 20.2. The Bertz CT molecular complexity index is 1300. The highest BCUT2D eigenvalue weighted by atomic mass is 32.2. The summed E-state index contributed by atoms with van der Waals surface area (Å²) in [5.41, 5.74) is 0.267. The summed E-state index contributed by atoms with van der Waals surface area (Å²) in [5, 5.41) is 4.75. The minimum absolute atomic E-state index is 0.113. The summed E-state index contributed by atoms with van der Waals surface area (Å²) in [6.07, 6.45) is 10.0. The number of piperidine rings is 1. The molecule has 198 valence electrons. The number of likely N-dealkylation sites (tertiary alicyclic amines) is 1. The van der Waals surface area contributed by atoms with Gasteiger partial charge in [-0.05, 0) is 37.0 Å². The Kier molecular flexibility index (Phi) is 7.03. The molecule has 1 aromatic heterocycles. The highest BCUT2D eigenvalue weighted by Gasteiger charge is 2.52. The smallest absolute Gasteiger partial charge is 0.287 e. The number of amides is 1. The largest absolute Gasteiger partial charge is 0.338 e. The predicted octanol–water partition coefficient (Wildman–Crippen LogP) is 2.48. The number of carbonyl (C=O) groups is 2. The second-order valence-electron chi connectivity index (χ2n) is 10.4. The topological polar surface area (TPSA) is 142 Å². The van der Waals surface area contributed by atoms with Crippen LogP contribution >= 0.6 is 11.3 Å². The molecular formula is C23H32N4O6S3. The van der Waals surface area contributed by atoms with Crippen molar-refractivity contribution in [2.75, 3.05) is 18.1 Å². The fourth-order valence-corrected chi connectivity index (χ4v) is 9.19. The number of fused-ring (bicyclic) bond motifs is 2. The van der Waals surface area contributed by atoms with E-state index in [9.17, 15) is 26.4 Å². The van der Waals surface area contributed by atoms with Gasteiger partial charge in [-0.15, -0.1) is 15.7 Å². The Labute approximate surface area is 216 Å². The summed E-state index contributed by atoms with van der Waals surface area (Å²) in [6.45, 7) is 0.409. The van der Waals surface area contributed by atoms with Crippen LogP contribution in [0.3, 0.4) is 0 Å². The minimum Gasteiger partial charge on any atom is -0.338 e. The van der Waals surface area contributed by atoms with Crippen molar-refractivity contribution >= 4 is 53.9 Å². The molecule has 2 aliphatic carbocycles. The van der Waals surface area contributed by atoms with Crippen molar-refractivity contribution in [3.8, 4) is 0 Å². The second-order valence-corrected chi connectivity index (χ2v) is 14.6. The Balaban J connectivity index is 1.45. The highest BCUT2D eigenvalue weighted by molar-refractivity contribution is 7.91. The van der Waals surface area contributed by atoms with Gasteiger partial charge in [0, 0.05) is 30.6 Å². The van der Waals surface area contributed by atoms with Gasteiger partial charge in [0.1, 0.15) is 15.7 Å². The summed E-state index contributed by atoms with van der Waals surface area (Å²) in [5.74, 6) is -1.91. The van der Waals surface area contributed by atoms with Crippen LogP contribution in [0.2, 0.25) is 0 Å². The van der Waals surface area contributed by atoms with Crippen LogP contribution in [0.1, 0.15) is 63.4 Å². The molecule has 4 aliphatic rings. The molecule has 3 unspecified atom stereocenters. The number of sulfonamides is 2. The van der Waals surface area contributed by atoms with E-state index in [1.54, 1.807) is 5.38 Å². The monoisotopic (exact) mass is 556 g/mol. The fraction of sp³-hybridized carbons (Fsp3) is 0.696. The van der Waals surface area contributed by atoms with Crippen LogP contribution in [0.5, 0.6) is 0 Å². The molecule has 5 rings (SSSR count). The van der Waals surface area contributed by atoms with Gasteiger partial charge >= 0.3 is 0 Å². The van der Waals surface area contributed by atoms with Crippen LogP contribution in [-0.4, -0.2) is 58.1 Å². The van der Waals surface area contributed by atoms with Crippen molar-refractivity contribution in [3.05, 3.63) is 10.9 Å². The van der Waals surface area contributed by atoms with Crippen molar-refractivity contribution in [2.24, 2.45) is 22.2 Å². The first-order valence-corrected chi connectivity index (χ1v) is 16.8. The molecule has 3 atom stereocenters. The molecule has 2 N–H and O–H groups in total. The standard InChI is InChI=1S/C23H32N4O6S3/c1-35(30,31)24-11-15-13-34-22-20(15)36(32,33)26-21(25-22)18-19(28)16-9-5-6-10-17(16)27(23(18)29)12-14-7-3-2-4-8-14/h13-14,16-18,24H,2-12H2,1H3,(H,25,26). The van der Waals surface area contributed by atoms with Crippen LogP contribution in [0.4, 0.5) is 5.00 Å². The number of nitrogens with zero attached hydrogens (tertiary/aromatic N) is 2. The van der Waals surface area contributed by atoms with Gasteiger partial charge in [-0.3, -0.25) is 9.59 Å². The number of nitrogens with one attached hydrogen (secondary N) is 2. The predicted molar refractivity (Wildman–Crippen MR) is 137 cm³/mol. The van der Waals surface area contributed by atoms with Gasteiger partial charge in [-0.2, -0.15) is 8.42 Å². The van der Waals surface area contributed by atoms with Gasteiger partial charge in [-0.1, -0.05) is 32.1 Å². The molecule has 10 nitrogen and oxygen atoms in total. The van der Waals surface area contributed by atoms with E-state index >= 15 is 0 Å². The van der Waals surface area contributed by atoms with Gasteiger partial charge in [0.15, 0.2) is 11.7 Å². The lowest BCUT2D eigenvalue weighted by Gasteiger charge is -2.47. The van der Waals surface area contributed by atoms with Crippen molar-refractivity contribution in [1.29, 1.82) is 0 Å². The van der Waals surface area contributed by atoms with E-state index in [0.717, 1.165) is 62.5 Å². The van der Waals surface area contributed by atoms with Crippen LogP contribution in [0.25, 0.3) is 0 Å². The molecule has 3 heterocycles. The van der Waals surface area contributed by atoms with Gasteiger partial charge in [0.05, 0.1) is 6.26 Å². The van der Waals surface area contributed by atoms with E-state index in [1.807, 2.05) is 4.90 Å². The maximum Gasteiger partial charge on any atom is 0.287 e. The molecule has 1 aromatic rings. The van der Waals surface area contributed by atoms with E-state index in [1.165, 1.54) is 6.42 Å². The average Bonchev–Trinajstić information content (AvgIpc) is 3.25. The van der Waals surface area contributed by atoms with E-state index in [4.69, 9.17) is 0 Å². The number of rotatable bonds is 6. The third-order valence-electron chi connectivity index (χ3n) is 7.82. The molecule has 2 aliphatic heterocycles. The number of hydrogen-bond acceptors (Lipinski definition) is 8. The number of carbonyl (C=O) groups excluding carboxylic acids is 2. The second kappa shape index (κ2) is 9.80. The van der Waals surface area contributed by atoms with Gasteiger partial charge < -0.3 is 10.2 Å². The average molecular weight is 557 g/mol. The number of anilines is 1. The SMILES string of the molecule is CS(=O)(=O)NCc1csc2c1S(=O)(=O)N=C(C1C(=O)C3CCCCC3N(CC3CCCCC3)C1=O)N2. The van der Waals surface area contributed by atoms with Crippen LogP contribution in [0.15, 0.2) is 14.7 Å². The molecule has 0 spiro atoms. The van der Waals surface area contributed by atoms with Crippen LogP contribution < -0.4 is 10.0 Å². The molecule has 36 heavy (non-hydrogen) atoms. The summed E-state index contributed by atoms with van der Waals surface area (Å²) in [4.78, 5) is 29.2. The van der Waals surface area contributed by atoms with Gasteiger partial charge in [0.2, 0.25) is 15.9 Å². The van der Waals surface area contributed by atoms with E-state index in [-0.39, 0.29) is 51.5 Å². The first-order valence-electron chi connectivity index (χ1n) is 12.6. The first-order chi connectivity index (χ1) is 17.0. The first kappa shape index (κ1) is 25.8. The molecule has 0 radical (unpaired) electrons. The lowest BCUT2D eigenvalue weighted by Crippen LogP contribution is -2.61. The molecular weight excluding hydrogens is 524 g/mol. The molecule has 2 saturated carbocycles. The Morgan fingerprint density at radius 1 is 1.11 bits per heavy atom. The molecule has 1 saturated heterocycles. The number of Topliss-reactive ketones (excluding diaryl/α,β-unsaturated/α-hetero) is 1. The molecule has 0 aromatic carbocycles. The van der Waals surface area contributed by atoms with Crippen LogP contribution in [-0.2, 0) is 36.2 Å². The van der Waals surface area contributed by atoms with E-state index in [2.05, 4.69) is 14.4 Å². The zero-order chi connectivity index (χ0) is 25.7. The summed E-state index contributed by atoms with van der Waals surface area (Å²) < 4.78 is 55.6. The third-order valence-corrected chi connectivity index (χ3v) is 11.0. The quantitative estimate of drug-likeness (QED) is 0.513. The number of thiophene rings is 1. The third kappa shape index (κ3) is 4.99. The fourth-order valence-electron chi connectivity index (χ4n) is 6.13. The number of amidine groups is 1. The van der Waals surface area contributed by atoms with Gasteiger partial charge in [-0.25, -0.2) is 13.1 Å². The minimum atomic E-state index is -4.24. The summed E-state index contributed by atoms with van der Waals surface area (Å²) in [7, 11) is -7.77. The lowest BCUT2D eigenvalue weighted by atomic mass is 9.72. The van der Waals surface area contributed by atoms with E-state index in [0.29, 0.717) is 18.9 Å². The normalized spacial score (nSPS) is 28.8. The van der Waals surface area contributed by atoms with Crippen molar-refractivity contribution in [2.45, 2.75) is 75.3 Å². The number of hydrogen-bond donors (Lipinski definition) is 2. The molecule has 3 fully saturated rings. The summed E-state index contributed by atoms with van der Waals surface area (Å²) in [6, 6.07) is -0.122.